The highest BCUT2D eigenvalue weighted by Crippen LogP contribution is 2.31. The summed E-state index contributed by atoms with van der Waals surface area (Å²) in [6.45, 7) is 0.570. The molecular weight excluding hydrogens is 384 g/mol. The maximum atomic E-state index is 13.0. The highest BCUT2D eigenvalue weighted by molar-refractivity contribution is 7.83. The minimum absolute atomic E-state index is 0. The lowest BCUT2D eigenvalue weighted by Crippen LogP contribution is -2.04. The summed E-state index contributed by atoms with van der Waals surface area (Å²) in [6.07, 6.45) is 2.75. The van der Waals surface area contributed by atoms with Gasteiger partial charge in [0.15, 0.2) is 11.0 Å². The maximum absolute atomic E-state index is 13.0. The normalized spacial score (nSPS) is 12.0. The second kappa shape index (κ2) is 8.18. The van der Waals surface area contributed by atoms with E-state index in [-0.39, 0.29) is 12.4 Å². The Hall–Kier alpha value is -1.92. The first-order chi connectivity index (χ1) is 12.3. The second-order valence-corrected chi connectivity index (χ2v) is 8.10. The molecule has 6 heteroatoms. The first kappa shape index (κ1) is 18.9. The summed E-state index contributed by atoms with van der Waals surface area (Å²) in [6, 6.07) is 20.1. The topological polar surface area (TPSA) is 48.0 Å². The summed E-state index contributed by atoms with van der Waals surface area (Å²) in [5.74, 6) is 0. The van der Waals surface area contributed by atoms with Crippen LogP contribution in [0.25, 0.3) is 21.3 Å². The van der Waals surface area contributed by atoms with Crippen molar-refractivity contribution in [3.63, 3.8) is 0 Å². The smallest absolute Gasteiger partial charge is 0.157 e. The molecule has 0 radical (unpaired) electrons. The van der Waals surface area contributed by atoms with E-state index < -0.39 is 11.0 Å². The largest absolute Gasteiger partial charge is 0.330 e. The molecule has 2 heterocycles. The number of aromatic nitrogens is 1. The van der Waals surface area contributed by atoms with Gasteiger partial charge in [0.2, 0.25) is 0 Å². The molecule has 0 amide bonds. The molecule has 134 valence electrons. The fourth-order valence-corrected chi connectivity index (χ4v) is 4.91. The summed E-state index contributed by atoms with van der Waals surface area (Å²) in [7, 11) is -1.27. The zero-order chi connectivity index (χ0) is 17.2. The Balaban J connectivity index is 0.00000196. The van der Waals surface area contributed by atoms with E-state index in [1.54, 1.807) is 11.3 Å². The van der Waals surface area contributed by atoms with Gasteiger partial charge in [-0.3, -0.25) is 3.97 Å². The zero-order valence-electron chi connectivity index (χ0n) is 14.0. The molecule has 3 nitrogen and oxygen atoms in total. The minimum Gasteiger partial charge on any atom is -0.330 e. The highest BCUT2D eigenvalue weighted by atomic mass is 35.5. The van der Waals surface area contributed by atoms with Gasteiger partial charge in [-0.25, -0.2) is 4.21 Å². The fourth-order valence-electron chi connectivity index (χ4n) is 3.00. The maximum Gasteiger partial charge on any atom is 0.157 e. The lowest BCUT2D eigenvalue weighted by atomic mass is 10.1. The number of thiophene rings is 1. The van der Waals surface area contributed by atoms with E-state index in [2.05, 4.69) is 35.7 Å². The van der Waals surface area contributed by atoms with Crippen LogP contribution >= 0.6 is 23.7 Å². The predicted octanol–water partition coefficient (Wildman–Crippen LogP) is 4.86. The number of nitrogens with zero attached hydrogens (tertiary/aromatic N) is 1. The van der Waals surface area contributed by atoms with E-state index in [0.717, 1.165) is 27.8 Å². The molecule has 2 aromatic heterocycles. The number of hydrogen-bond donors (Lipinski definition) is 1. The van der Waals surface area contributed by atoms with E-state index in [9.17, 15) is 4.21 Å². The predicted molar refractivity (Wildman–Crippen MR) is 114 cm³/mol. The van der Waals surface area contributed by atoms with Crippen molar-refractivity contribution in [1.29, 1.82) is 0 Å². The third kappa shape index (κ3) is 3.48. The summed E-state index contributed by atoms with van der Waals surface area (Å²) in [4.78, 5) is 2.03. The van der Waals surface area contributed by atoms with Crippen LogP contribution in [-0.4, -0.2) is 14.7 Å². The van der Waals surface area contributed by atoms with Crippen molar-refractivity contribution in [2.75, 3.05) is 6.54 Å². The second-order valence-electron chi connectivity index (χ2n) is 5.79. The van der Waals surface area contributed by atoms with E-state index in [0.29, 0.717) is 6.54 Å². The van der Waals surface area contributed by atoms with Gasteiger partial charge in [0.1, 0.15) is 0 Å². The first-order valence-electron chi connectivity index (χ1n) is 8.13. The molecule has 0 aliphatic carbocycles. The van der Waals surface area contributed by atoms with Crippen LogP contribution in [0.4, 0.5) is 0 Å². The van der Waals surface area contributed by atoms with Crippen LogP contribution in [0.2, 0.25) is 0 Å². The fraction of sp³-hybridized carbons (Fsp3) is 0.100. The molecular formula is C20H19ClN2OS2. The third-order valence-electron chi connectivity index (χ3n) is 4.20. The molecule has 1 unspecified atom stereocenters. The molecule has 0 spiro atoms. The molecule has 0 saturated carbocycles. The van der Waals surface area contributed by atoms with Gasteiger partial charge in [0, 0.05) is 16.5 Å². The number of fused-ring (bicyclic) bond motifs is 1. The van der Waals surface area contributed by atoms with Gasteiger partial charge >= 0.3 is 0 Å². The van der Waals surface area contributed by atoms with Crippen LogP contribution in [0.5, 0.6) is 0 Å². The molecule has 2 N–H and O–H groups in total. The van der Waals surface area contributed by atoms with Gasteiger partial charge < -0.3 is 5.73 Å². The molecule has 0 fully saturated rings. The Morgan fingerprint density at radius 1 is 1.04 bits per heavy atom. The number of rotatable bonds is 5. The summed E-state index contributed by atoms with van der Waals surface area (Å²) in [5.41, 5.74) is 9.10. The van der Waals surface area contributed by atoms with Crippen molar-refractivity contribution in [2.24, 2.45) is 5.73 Å². The van der Waals surface area contributed by atoms with E-state index in [1.165, 1.54) is 10.4 Å². The van der Waals surface area contributed by atoms with Gasteiger partial charge in [0.05, 0.1) is 10.4 Å². The average Bonchev–Trinajstić information content (AvgIpc) is 3.30. The zero-order valence-corrected chi connectivity index (χ0v) is 16.4. The van der Waals surface area contributed by atoms with Crippen LogP contribution in [0, 0.1) is 0 Å². The number of hydrogen-bond acceptors (Lipinski definition) is 3. The van der Waals surface area contributed by atoms with Crippen LogP contribution in [0.1, 0.15) is 5.56 Å². The lowest BCUT2D eigenvalue weighted by Gasteiger charge is -2.06. The molecule has 4 rings (SSSR count). The van der Waals surface area contributed by atoms with Gasteiger partial charge in [-0.15, -0.1) is 23.7 Å². The molecule has 4 aromatic rings. The summed E-state index contributed by atoms with van der Waals surface area (Å²) < 4.78 is 14.9. The Labute approximate surface area is 165 Å². The van der Waals surface area contributed by atoms with Crippen molar-refractivity contribution in [2.45, 2.75) is 11.3 Å². The number of halogens is 1. The highest BCUT2D eigenvalue weighted by Gasteiger charge is 2.15. The standard InChI is InChI=1S/C20H18N2OS2.ClH/c21-11-10-16-14-22(25(23)17-5-2-1-3-6-17)19-9-8-15(13-18(16)19)20-7-4-12-24-20;/h1-9,12-14H,10-11,21H2;1H. The van der Waals surface area contributed by atoms with Crippen LogP contribution < -0.4 is 5.73 Å². The quantitative estimate of drug-likeness (QED) is 0.518. The summed E-state index contributed by atoms with van der Waals surface area (Å²) in [5, 5.41) is 3.20. The monoisotopic (exact) mass is 402 g/mol. The Morgan fingerprint density at radius 3 is 2.54 bits per heavy atom. The SMILES string of the molecule is Cl.NCCc1cn(S(=O)c2ccccc2)c2ccc(-c3cccs3)cc12. The Bertz CT molecular complexity index is 1030. The van der Waals surface area contributed by atoms with Crippen molar-refractivity contribution in [3.05, 3.63) is 77.8 Å². The molecule has 0 bridgehead atoms. The molecule has 1 atom stereocenters. The van der Waals surface area contributed by atoms with Gasteiger partial charge in [-0.1, -0.05) is 30.3 Å². The van der Waals surface area contributed by atoms with Gasteiger partial charge in [0.25, 0.3) is 0 Å². The molecule has 0 aliphatic rings. The van der Waals surface area contributed by atoms with Gasteiger partial charge in [-0.2, -0.15) is 0 Å². The Kier molecular flexibility index (Phi) is 5.94. The summed E-state index contributed by atoms with van der Waals surface area (Å²) >= 11 is 1.72. The first-order valence-corrected chi connectivity index (χ1v) is 10.1. The molecule has 0 saturated heterocycles. The van der Waals surface area contributed by atoms with E-state index in [4.69, 9.17) is 5.73 Å². The molecule has 26 heavy (non-hydrogen) atoms. The molecule has 0 aliphatic heterocycles. The van der Waals surface area contributed by atoms with E-state index in [1.807, 2.05) is 40.5 Å². The van der Waals surface area contributed by atoms with Crippen molar-refractivity contribution >= 4 is 45.6 Å². The van der Waals surface area contributed by atoms with Crippen molar-refractivity contribution in [3.8, 4) is 10.4 Å². The molecule has 2 aromatic carbocycles. The van der Waals surface area contributed by atoms with E-state index >= 15 is 0 Å². The number of benzene rings is 2. The van der Waals surface area contributed by atoms with Crippen LogP contribution in [-0.2, 0) is 17.4 Å². The Morgan fingerprint density at radius 2 is 1.85 bits per heavy atom. The van der Waals surface area contributed by atoms with Crippen molar-refractivity contribution in [1.82, 2.24) is 3.97 Å². The lowest BCUT2D eigenvalue weighted by molar-refractivity contribution is 0.678. The van der Waals surface area contributed by atoms with Gasteiger partial charge in [-0.05, 0) is 59.8 Å². The van der Waals surface area contributed by atoms with Crippen LogP contribution in [0.15, 0.2) is 77.1 Å². The minimum atomic E-state index is -1.27. The number of nitrogens with two attached hydrogens (primary N) is 1. The third-order valence-corrected chi connectivity index (χ3v) is 6.45. The average molecular weight is 403 g/mol. The van der Waals surface area contributed by atoms with Crippen molar-refractivity contribution < 1.29 is 4.21 Å². The van der Waals surface area contributed by atoms with Crippen LogP contribution in [0.3, 0.4) is 0 Å².